The van der Waals surface area contributed by atoms with Crippen molar-refractivity contribution < 1.29 is 14.6 Å². The highest BCUT2D eigenvalue weighted by Crippen LogP contribution is 2.35. The maximum atomic E-state index is 11.0. The minimum absolute atomic E-state index is 0.0199. The summed E-state index contributed by atoms with van der Waals surface area (Å²) < 4.78 is 5.94. The number of benzene rings is 1. The number of aromatic nitrogens is 1. The number of ether oxygens (including phenoxy) is 1. The summed E-state index contributed by atoms with van der Waals surface area (Å²) in [7, 11) is 0. The third-order valence-corrected chi connectivity index (χ3v) is 4.21. The highest BCUT2D eigenvalue weighted by molar-refractivity contribution is 5.68. The second-order valence-electron chi connectivity index (χ2n) is 6.33. The van der Waals surface area contributed by atoms with E-state index in [1.807, 2.05) is 32.0 Å². The number of hydrogen-bond donors (Lipinski definition) is 1. The number of rotatable bonds is 4. The van der Waals surface area contributed by atoms with E-state index in [-0.39, 0.29) is 12.3 Å². The standard InChI is InChI=1S/C19H21NO3/c1-12-6-13(2)8-16(7-12)23-17-9-14-4-3-5-15(10-18(21)22)19(14)20-11-17/h6-9,11,15H,3-5,10H2,1-2H3,(H,21,22). The van der Waals surface area contributed by atoms with Crippen LogP contribution in [0.15, 0.2) is 30.5 Å². The molecular weight excluding hydrogens is 290 g/mol. The lowest BCUT2D eigenvalue weighted by molar-refractivity contribution is -0.137. The average molecular weight is 311 g/mol. The number of aryl methyl sites for hydroxylation is 3. The van der Waals surface area contributed by atoms with Crippen LogP contribution < -0.4 is 4.74 Å². The summed E-state index contributed by atoms with van der Waals surface area (Å²) in [5, 5.41) is 9.04. The number of hydrogen-bond acceptors (Lipinski definition) is 3. The lowest BCUT2D eigenvalue weighted by Gasteiger charge is -2.23. The topological polar surface area (TPSA) is 59.4 Å². The molecule has 0 saturated carbocycles. The summed E-state index contributed by atoms with van der Waals surface area (Å²) in [6.07, 6.45) is 4.68. The summed E-state index contributed by atoms with van der Waals surface area (Å²) in [6, 6.07) is 8.11. The second-order valence-corrected chi connectivity index (χ2v) is 6.33. The molecule has 0 aliphatic heterocycles. The van der Waals surface area contributed by atoms with Gasteiger partial charge in [-0.2, -0.15) is 0 Å². The summed E-state index contributed by atoms with van der Waals surface area (Å²) in [6.45, 7) is 4.09. The van der Waals surface area contributed by atoms with Crippen molar-refractivity contribution in [1.29, 1.82) is 0 Å². The first-order chi connectivity index (χ1) is 11.0. The fourth-order valence-electron chi connectivity index (χ4n) is 3.34. The Morgan fingerprint density at radius 1 is 1.22 bits per heavy atom. The van der Waals surface area contributed by atoms with Crippen LogP contribution in [0.5, 0.6) is 11.5 Å². The van der Waals surface area contributed by atoms with Gasteiger partial charge >= 0.3 is 5.97 Å². The molecule has 0 bridgehead atoms. The molecule has 1 atom stereocenters. The Morgan fingerprint density at radius 3 is 2.65 bits per heavy atom. The number of carboxylic acid groups (broad SMARTS) is 1. The third-order valence-electron chi connectivity index (χ3n) is 4.21. The molecule has 1 N–H and O–H groups in total. The Balaban J connectivity index is 1.84. The van der Waals surface area contributed by atoms with Crippen LogP contribution in [-0.2, 0) is 11.2 Å². The number of nitrogens with zero attached hydrogens (tertiary/aromatic N) is 1. The molecule has 3 rings (SSSR count). The van der Waals surface area contributed by atoms with E-state index in [2.05, 4.69) is 11.1 Å². The van der Waals surface area contributed by atoms with Crippen molar-refractivity contribution in [2.24, 2.45) is 0 Å². The van der Waals surface area contributed by atoms with Crippen LogP contribution in [0.25, 0.3) is 0 Å². The van der Waals surface area contributed by atoms with Crippen molar-refractivity contribution in [1.82, 2.24) is 4.98 Å². The SMILES string of the molecule is Cc1cc(C)cc(Oc2cnc3c(c2)CCCC3CC(=O)O)c1. The van der Waals surface area contributed by atoms with Crippen molar-refractivity contribution >= 4 is 5.97 Å². The number of carboxylic acids is 1. The van der Waals surface area contributed by atoms with Gasteiger partial charge in [-0.25, -0.2) is 0 Å². The van der Waals surface area contributed by atoms with Crippen LogP contribution in [0.4, 0.5) is 0 Å². The molecule has 4 nitrogen and oxygen atoms in total. The van der Waals surface area contributed by atoms with Crippen LogP contribution in [0.1, 0.15) is 47.6 Å². The minimum Gasteiger partial charge on any atom is -0.481 e. The largest absolute Gasteiger partial charge is 0.481 e. The highest BCUT2D eigenvalue weighted by Gasteiger charge is 2.24. The quantitative estimate of drug-likeness (QED) is 0.910. The second kappa shape index (κ2) is 6.41. The molecule has 0 radical (unpaired) electrons. The highest BCUT2D eigenvalue weighted by atomic mass is 16.5. The van der Waals surface area contributed by atoms with Crippen molar-refractivity contribution in [2.75, 3.05) is 0 Å². The van der Waals surface area contributed by atoms with Crippen LogP contribution in [0, 0.1) is 13.8 Å². The van der Waals surface area contributed by atoms with E-state index in [0.717, 1.165) is 47.4 Å². The van der Waals surface area contributed by atoms with Crippen molar-refractivity contribution in [3.63, 3.8) is 0 Å². The molecule has 1 aromatic carbocycles. The first kappa shape index (κ1) is 15.5. The maximum Gasteiger partial charge on any atom is 0.304 e. The van der Waals surface area contributed by atoms with Crippen molar-refractivity contribution in [3.8, 4) is 11.5 Å². The predicted octanol–water partition coefficient (Wildman–Crippen LogP) is 4.39. The van der Waals surface area contributed by atoms with E-state index in [1.54, 1.807) is 6.20 Å². The third kappa shape index (κ3) is 3.70. The van der Waals surface area contributed by atoms with Crippen LogP contribution in [0.2, 0.25) is 0 Å². The Bertz CT molecular complexity index is 719. The van der Waals surface area contributed by atoms with Gasteiger partial charge in [-0.15, -0.1) is 0 Å². The molecule has 1 aliphatic rings. The molecule has 1 aliphatic carbocycles. The molecule has 1 aromatic heterocycles. The Hall–Kier alpha value is -2.36. The monoisotopic (exact) mass is 311 g/mol. The van der Waals surface area contributed by atoms with Crippen LogP contribution >= 0.6 is 0 Å². The van der Waals surface area contributed by atoms with E-state index in [0.29, 0.717) is 5.75 Å². The molecule has 4 heteroatoms. The van der Waals surface area contributed by atoms with E-state index in [1.165, 1.54) is 0 Å². The van der Waals surface area contributed by atoms with Crippen LogP contribution in [0.3, 0.4) is 0 Å². The van der Waals surface area contributed by atoms with E-state index < -0.39 is 5.97 Å². The molecule has 0 amide bonds. The van der Waals surface area contributed by atoms with Gasteiger partial charge in [-0.3, -0.25) is 9.78 Å². The smallest absolute Gasteiger partial charge is 0.304 e. The van der Waals surface area contributed by atoms with Crippen LogP contribution in [-0.4, -0.2) is 16.1 Å². The Kier molecular flexibility index (Phi) is 4.33. The van der Waals surface area contributed by atoms with Gasteiger partial charge in [0.1, 0.15) is 11.5 Å². The van der Waals surface area contributed by atoms with Crippen molar-refractivity contribution in [3.05, 3.63) is 52.8 Å². The zero-order chi connectivity index (χ0) is 16.4. The molecule has 1 heterocycles. The number of pyridine rings is 1. The molecular formula is C19H21NO3. The Labute approximate surface area is 136 Å². The zero-order valence-corrected chi connectivity index (χ0v) is 13.5. The minimum atomic E-state index is -0.764. The van der Waals surface area contributed by atoms with Gasteiger partial charge in [0.25, 0.3) is 0 Å². The lowest BCUT2D eigenvalue weighted by atomic mass is 9.84. The average Bonchev–Trinajstić information content (AvgIpc) is 2.45. The molecule has 120 valence electrons. The first-order valence-electron chi connectivity index (χ1n) is 7.98. The van der Waals surface area contributed by atoms with Gasteiger partial charge in [0, 0.05) is 11.6 Å². The molecule has 0 spiro atoms. The summed E-state index contributed by atoms with van der Waals surface area (Å²) in [5.74, 6) is 0.776. The summed E-state index contributed by atoms with van der Waals surface area (Å²) >= 11 is 0. The summed E-state index contributed by atoms with van der Waals surface area (Å²) in [4.78, 5) is 15.5. The number of fused-ring (bicyclic) bond motifs is 1. The van der Waals surface area contributed by atoms with Gasteiger partial charge in [-0.1, -0.05) is 6.07 Å². The molecule has 0 saturated heterocycles. The van der Waals surface area contributed by atoms with Gasteiger partial charge in [0.05, 0.1) is 12.6 Å². The molecule has 1 unspecified atom stereocenters. The van der Waals surface area contributed by atoms with Gasteiger partial charge in [0.2, 0.25) is 0 Å². The molecule has 23 heavy (non-hydrogen) atoms. The zero-order valence-electron chi connectivity index (χ0n) is 13.5. The first-order valence-corrected chi connectivity index (χ1v) is 7.98. The van der Waals surface area contributed by atoms with Gasteiger partial charge in [0.15, 0.2) is 0 Å². The summed E-state index contributed by atoms with van der Waals surface area (Å²) in [5.41, 5.74) is 4.36. The predicted molar refractivity (Wildman–Crippen MR) is 88.2 cm³/mol. The van der Waals surface area contributed by atoms with E-state index >= 15 is 0 Å². The normalized spacial score (nSPS) is 16.7. The van der Waals surface area contributed by atoms with Gasteiger partial charge < -0.3 is 9.84 Å². The van der Waals surface area contributed by atoms with E-state index in [9.17, 15) is 4.79 Å². The maximum absolute atomic E-state index is 11.0. The van der Waals surface area contributed by atoms with Crippen molar-refractivity contribution in [2.45, 2.75) is 45.4 Å². The number of aliphatic carboxylic acids is 1. The molecule has 0 fully saturated rings. The van der Waals surface area contributed by atoms with Gasteiger partial charge in [-0.05, 0) is 68.0 Å². The van der Waals surface area contributed by atoms with E-state index in [4.69, 9.17) is 9.84 Å². The molecule has 2 aromatic rings. The fraction of sp³-hybridized carbons (Fsp3) is 0.368. The lowest BCUT2D eigenvalue weighted by Crippen LogP contribution is -2.15. The fourth-order valence-corrected chi connectivity index (χ4v) is 3.34. The Morgan fingerprint density at radius 2 is 1.96 bits per heavy atom. The number of carbonyl (C=O) groups is 1.